The van der Waals surface area contributed by atoms with Crippen LogP contribution in [0.5, 0.6) is 5.75 Å². The molecule has 1 unspecified atom stereocenters. The highest BCUT2D eigenvalue weighted by Gasteiger charge is 2.09. The lowest BCUT2D eigenvalue weighted by atomic mass is 10.1. The van der Waals surface area contributed by atoms with Crippen LogP contribution in [0.1, 0.15) is 11.1 Å². The number of aliphatic hydroxyl groups excluding tert-OH is 1. The standard InChI is InChI=1S/C15H20N2O2S/c1-11-4-5-12(2)14(8-11)19-9-13(18)10-20-15-16-6-7-17(15)3/h4-8,13,18H,9-10H2,1-3H3. The lowest BCUT2D eigenvalue weighted by Gasteiger charge is -2.14. The van der Waals surface area contributed by atoms with Gasteiger partial charge < -0.3 is 14.4 Å². The molecule has 1 heterocycles. The van der Waals surface area contributed by atoms with Gasteiger partial charge in [0.15, 0.2) is 5.16 Å². The maximum atomic E-state index is 9.98. The Morgan fingerprint density at radius 3 is 2.90 bits per heavy atom. The first-order chi connectivity index (χ1) is 9.56. The average Bonchev–Trinajstić information content (AvgIpc) is 2.83. The van der Waals surface area contributed by atoms with E-state index in [1.807, 2.05) is 43.8 Å². The Morgan fingerprint density at radius 1 is 1.40 bits per heavy atom. The molecule has 1 aromatic heterocycles. The monoisotopic (exact) mass is 292 g/mol. The summed E-state index contributed by atoms with van der Waals surface area (Å²) in [6, 6.07) is 6.07. The number of aliphatic hydroxyl groups is 1. The summed E-state index contributed by atoms with van der Waals surface area (Å²) in [6.07, 6.45) is 3.12. The number of thioether (sulfide) groups is 1. The number of benzene rings is 1. The maximum absolute atomic E-state index is 9.98. The van der Waals surface area contributed by atoms with Crippen molar-refractivity contribution >= 4 is 11.8 Å². The molecule has 2 rings (SSSR count). The SMILES string of the molecule is Cc1ccc(C)c(OCC(O)CSc2nccn2C)c1. The van der Waals surface area contributed by atoms with E-state index in [0.717, 1.165) is 22.0 Å². The fraction of sp³-hybridized carbons (Fsp3) is 0.400. The Labute approximate surface area is 123 Å². The van der Waals surface area contributed by atoms with Gasteiger partial charge in [0.05, 0.1) is 6.10 Å². The van der Waals surface area contributed by atoms with Gasteiger partial charge in [0.2, 0.25) is 0 Å². The van der Waals surface area contributed by atoms with Gasteiger partial charge in [-0.25, -0.2) is 4.98 Å². The number of rotatable bonds is 6. The van der Waals surface area contributed by atoms with E-state index in [-0.39, 0.29) is 0 Å². The number of nitrogens with zero attached hydrogens (tertiary/aromatic N) is 2. The van der Waals surface area contributed by atoms with Crippen LogP contribution >= 0.6 is 11.8 Å². The first-order valence-electron chi connectivity index (χ1n) is 6.54. The minimum absolute atomic E-state index is 0.293. The summed E-state index contributed by atoms with van der Waals surface area (Å²) in [5, 5.41) is 10.9. The first-order valence-corrected chi connectivity index (χ1v) is 7.53. The summed E-state index contributed by atoms with van der Waals surface area (Å²) < 4.78 is 7.62. The molecular formula is C15H20N2O2S. The number of hydrogen-bond donors (Lipinski definition) is 1. The Morgan fingerprint density at radius 2 is 2.20 bits per heavy atom. The van der Waals surface area contributed by atoms with Crippen molar-refractivity contribution in [2.75, 3.05) is 12.4 Å². The molecule has 0 saturated carbocycles. The van der Waals surface area contributed by atoms with Crippen LogP contribution in [-0.2, 0) is 7.05 Å². The number of aryl methyl sites for hydroxylation is 3. The van der Waals surface area contributed by atoms with Crippen LogP contribution in [0.3, 0.4) is 0 Å². The molecule has 5 heteroatoms. The Hall–Kier alpha value is -1.46. The molecule has 0 aliphatic rings. The van der Waals surface area contributed by atoms with Crippen molar-refractivity contribution in [3.63, 3.8) is 0 Å². The second-order valence-corrected chi connectivity index (χ2v) is 5.85. The lowest BCUT2D eigenvalue weighted by molar-refractivity contribution is 0.126. The molecule has 0 aliphatic heterocycles. The van der Waals surface area contributed by atoms with Crippen molar-refractivity contribution in [1.29, 1.82) is 0 Å². The van der Waals surface area contributed by atoms with E-state index < -0.39 is 6.10 Å². The van der Waals surface area contributed by atoms with Gasteiger partial charge in [0.1, 0.15) is 12.4 Å². The number of aromatic nitrogens is 2. The van der Waals surface area contributed by atoms with Gasteiger partial charge in [-0.2, -0.15) is 0 Å². The van der Waals surface area contributed by atoms with E-state index in [9.17, 15) is 5.11 Å². The van der Waals surface area contributed by atoms with Gasteiger partial charge in [-0.3, -0.25) is 0 Å². The predicted octanol–water partition coefficient (Wildman–Crippen LogP) is 2.57. The van der Waals surface area contributed by atoms with Crippen LogP contribution in [0.2, 0.25) is 0 Å². The smallest absolute Gasteiger partial charge is 0.167 e. The second kappa shape index (κ2) is 6.81. The Balaban J connectivity index is 1.81. The van der Waals surface area contributed by atoms with E-state index in [2.05, 4.69) is 11.1 Å². The van der Waals surface area contributed by atoms with Crippen molar-refractivity contribution in [3.8, 4) is 5.75 Å². The van der Waals surface area contributed by atoms with Gasteiger partial charge in [-0.15, -0.1) is 0 Å². The fourth-order valence-corrected chi connectivity index (χ4v) is 2.60. The molecule has 0 bridgehead atoms. The van der Waals surface area contributed by atoms with Crippen LogP contribution in [0.4, 0.5) is 0 Å². The van der Waals surface area contributed by atoms with Crippen molar-refractivity contribution in [2.24, 2.45) is 7.05 Å². The third-order valence-corrected chi connectivity index (χ3v) is 4.16. The molecular weight excluding hydrogens is 272 g/mol. The van der Waals surface area contributed by atoms with Gasteiger partial charge in [0.25, 0.3) is 0 Å². The van der Waals surface area contributed by atoms with Crippen LogP contribution < -0.4 is 4.74 Å². The summed E-state index contributed by atoms with van der Waals surface area (Å²) in [7, 11) is 1.94. The summed E-state index contributed by atoms with van der Waals surface area (Å²) in [4.78, 5) is 4.21. The zero-order valence-corrected chi connectivity index (χ0v) is 12.9. The topological polar surface area (TPSA) is 47.3 Å². The van der Waals surface area contributed by atoms with Crippen molar-refractivity contribution in [1.82, 2.24) is 9.55 Å². The van der Waals surface area contributed by atoms with Crippen LogP contribution in [0.25, 0.3) is 0 Å². The number of hydrogen-bond acceptors (Lipinski definition) is 4. The quantitative estimate of drug-likeness (QED) is 0.831. The molecule has 20 heavy (non-hydrogen) atoms. The molecule has 1 aromatic carbocycles. The van der Waals surface area contributed by atoms with E-state index >= 15 is 0 Å². The molecule has 0 radical (unpaired) electrons. The molecule has 0 fully saturated rings. The predicted molar refractivity (Wildman–Crippen MR) is 81.3 cm³/mol. The van der Waals surface area contributed by atoms with E-state index in [4.69, 9.17) is 4.74 Å². The average molecular weight is 292 g/mol. The highest BCUT2D eigenvalue weighted by Crippen LogP contribution is 2.20. The minimum Gasteiger partial charge on any atom is -0.491 e. The maximum Gasteiger partial charge on any atom is 0.167 e. The highest BCUT2D eigenvalue weighted by atomic mass is 32.2. The Bertz CT molecular complexity index is 569. The zero-order valence-electron chi connectivity index (χ0n) is 12.0. The molecule has 1 atom stereocenters. The van der Waals surface area contributed by atoms with Crippen LogP contribution in [0.15, 0.2) is 35.7 Å². The van der Waals surface area contributed by atoms with Crippen molar-refractivity contribution in [2.45, 2.75) is 25.1 Å². The third-order valence-electron chi connectivity index (χ3n) is 2.96. The third kappa shape index (κ3) is 4.02. The van der Waals surface area contributed by atoms with E-state index in [1.165, 1.54) is 11.8 Å². The van der Waals surface area contributed by atoms with Crippen molar-refractivity contribution in [3.05, 3.63) is 41.7 Å². The van der Waals surface area contributed by atoms with Gasteiger partial charge in [-0.1, -0.05) is 23.9 Å². The molecule has 108 valence electrons. The fourth-order valence-electron chi connectivity index (χ4n) is 1.76. The summed E-state index contributed by atoms with van der Waals surface area (Å²) in [5.74, 6) is 1.40. The zero-order chi connectivity index (χ0) is 14.5. The summed E-state index contributed by atoms with van der Waals surface area (Å²) in [5.41, 5.74) is 2.24. The molecule has 0 amide bonds. The molecule has 0 spiro atoms. The largest absolute Gasteiger partial charge is 0.491 e. The van der Waals surface area contributed by atoms with E-state index in [0.29, 0.717) is 12.4 Å². The summed E-state index contributed by atoms with van der Waals surface area (Å²) >= 11 is 1.53. The normalized spacial score (nSPS) is 12.4. The van der Waals surface area contributed by atoms with Crippen LogP contribution in [-0.4, -0.2) is 33.1 Å². The van der Waals surface area contributed by atoms with Gasteiger partial charge in [-0.05, 0) is 31.0 Å². The Kier molecular flexibility index (Phi) is 5.09. The summed E-state index contributed by atoms with van der Waals surface area (Å²) in [6.45, 7) is 4.32. The van der Waals surface area contributed by atoms with E-state index in [1.54, 1.807) is 6.20 Å². The minimum atomic E-state index is -0.517. The lowest BCUT2D eigenvalue weighted by Crippen LogP contribution is -2.20. The van der Waals surface area contributed by atoms with Gasteiger partial charge >= 0.3 is 0 Å². The number of imidazole rings is 1. The second-order valence-electron chi connectivity index (χ2n) is 4.87. The molecule has 0 aliphatic carbocycles. The first kappa shape index (κ1) is 14.9. The molecule has 0 saturated heterocycles. The molecule has 4 nitrogen and oxygen atoms in total. The van der Waals surface area contributed by atoms with Gasteiger partial charge in [0, 0.05) is 25.2 Å². The highest BCUT2D eigenvalue weighted by molar-refractivity contribution is 7.99. The molecule has 1 N–H and O–H groups in total. The molecule has 2 aromatic rings. The van der Waals surface area contributed by atoms with Crippen molar-refractivity contribution < 1.29 is 9.84 Å². The number of ether oxygens (including phenoxy) is 1. The van der Waals surface area contributed by atoms with Crippen LogP contribution in [0, 0.1) is 13.8 Å².